The topological polar surface area (TPSA) is 66.5 Å². The van der Waals surface area contributed by atoms with Crippen LogP contribution in [0.4, 0.5) is 10.1 Å². The van der Waals surface area contributed by atoms with E-state index in [2.05, 4.69) is 5.32 Å². The summed E-state index contributed by atoms with van der Waals surface area (Å²) in [5.74, 6) is -0.758. The van der Waals surface area contributed by atoms with Gasteiger partial charge in [0.1, 0.15) is 11.9 Å². The summed E-state index contributed by atoms with van der Waals surface area (Å²) >= 11 is 0. The standard InChI is InChI=1S/C20H25FN2O3S/c1-5-19(20(24)22-15(3)16-8-10-17(21)11-9-16)23(27(4,25)26)18-12-6-14(2)7-13-18/h6-13,15,19H,5H2,1-4H3,(H,22,24). The van der Waals surface area contributed by atoms with Crippen molar-refractivity contribution in [1.82, 2.24) is 5.32 Å². The van der Waals surface area contributed by atoms with Gasteiger partial charge in [-0.15, -0.1) is 0 Å². The van der Waals surface area contributed by atoms with Crippen molar-refractivity contribution >= 4 is 21.6 Å². The molecule has 0 heterocycles. The molecule has 146 valence electrons. The van der Waals surface area contributed by atoms with Gasteiger partial charge in [0.25, 0.3) is 0 Å². The molecule has 0 aliphatic rings. The van der Waals surface area contributed by atoms with Crippen LogP contribution in [-0.4, -0.2) is 26.6 Å². The third-order valence-corrected chi connectivity index (χ3v) is 5.53. The molecule has 0 aliphatic carbocycles. The fraction of sp³-hybridized carbons (Fsp3) is 0.350. The molecule has 2 rings (SSSR count). The summed E-state index contributed by atoms with van der Waals surface area (Å²) in [7, 11) is -3.67. The number of hydrogen-bond acceptors (Lipinski definition) is 3. The van der Waals surface area contributed by atoms with E-state index in [1.807, 2.05) is 6.92 Å². The second-order valence-electron chi connectivity index (χ2n) is 6.60. The molecule has 0 fully saturated rings. The molecule has 0 aromatic heterocycles. The lowest BCUT2D eigenvalue weighted by molar-refractivity contribution is -0.122. The summed E-state index contributed by atoms with van der Waals surface area (Å²) in [6.07, 6.45) is 1.40. The summed E-state index contributed by atoms with van der Waals surface area (Å²) in [6, 6.07) is 11.6. The SMILES string of the molecule is CCC(C(=O)NC(C)c1ccc(F)cc1)N(c1ccc(C)cc1)S(C)(=O)=O. The van der Waals surface area contributed by atoms with E-state index in [0.29, 0.717) is 12.1 Å². The van der Waals surface area contributed by atoms with Gasteiger partial charge < -0.3 is 5.32 Å². The lowest BCUT2D eigenvalue weighted by Crippen LogP contribution is -2.49. The van der Waals surface area contributed by atoms with Crippen molar-refractivity contribution in [3.05, 3.63) is 65.5 Å². The van der Waals surface area contributed by atoms with E-state index in [1.165, 1.54) is 12.1 Å². The molecule has 2 aromatic carbocycles. The lowest BCUT2D eigenvalue weighted by Gasteiger charge is -2.31. The van der Waals surface area contributed by atoms with Crippen LogP contribution in [0.1, 0.15) is 37.4 Å². The molecular formula is C20H25FN2O3S. The van der Waals surface area contributed by atoms with Crippen LogP contribution in [-0.2, 0) is 14.8 Å². The average Bonchev–Trinajstić information content (AvgIpc) is 2.60. The number of anilines is 1. The third-order valence-electron chi connectivity index (χ3n) is 4.35. The highest BCUT2D eigenvalue weighted by Crippen LogP contribution is 2.24. The summed E-state index contributed by atoms with van der Waals surface area (Å²) in [5, 5.41) is 2.83. The number of halogens is 1. The Bertz CT molecular complexity index is 880. The fourth-order valence-electron chi connectivity index (χ4n) is 2.90. The van der Waals surface area contributed by atoms with Crippen molar-refractivity contribution in [2.24, 2.45) is 0 Å². The van der Waals surface area contributed by atoms with E-state index < -0.39 is 22.0 Å². The fourth-order valence-corrected chi connectivity index (χ4v) is 4.11. The van der Waals surface area contributed by atoms with Gasteiger partial charge in [0, 0.05) is 0 Å². The Hall–Kier alpha value is -2.41. The molecule has 0 saturated heterocycles. The highest BCUT2D eigenvalue weighted by Gasteiger charge is 2.32. The maximum atomic E-state index is 13.1. The summed E-state index contributed by atoms with van der Waals surface area (Å²) in [4.78, 5) is 12.9. The molecule has 0 saturated carbocycles. The molecule has 27 heavy (non-hydrogen) atoms. The van der Waals surface area contributed by atoms with Gasteiger partial charge in [-0.05, 0) is 50.1 Å². The zero-order chi connectivity index (χ0) is 20.2. The van der Waals surface area contributed by atoms with Crippen LogP contribution in [0.2, 0.25) is 0 Å². The largest absolute Gasteiger partial charge is 0.348 e. The highest BCUT2D eigenvalue weighted by atomic mass is 32.2. The number of amides is 1. The zero-order valence-electron chi connectivity index (χ0n) is 15.9. The molecule has 0 aliphatic heterocycles. The monoisotopic (exact) mass is 392 g/mol. The number of hydrogen-bond donors (Lipinski definition) is 1. The maximum Gasteiger partial charge on any atom is 0.244 e. The minimum absolute atomic E-state index is 0.308. The normalized spacial score (nSPS) is 13.7. The molecule has 2 atom stereocenters. The second-order valence-corrected chi connectivity index (χ2v) is 8.46. The van der Waals surface area contributed by atoms with E-state index in [1.54, 1.807) is 50.2 Å². The Morgan fingerprint density at radius 3 is 2.15 bits per heavy atom. The smallest absolute Gasteiger partial charge is 0.244 e. The quantitative estimate of drug-likeness (QED) is 0.784. The molecule has 2 aromatic rings. The van der Waals surface area contributed by atoms with Crippen molar-refractivity contribution in [2.75, 3.05) is 10.6 Å². The van der Waals surface area contributed by atoms with Gasteiger partial charge in [-0.3, -0.25) is 9.10 Å². The van der Waals surface area contributed by atoms with Gasteiger partial charge in [0.05, 0.1) is 18.0 Å². The summed E-state index contributed by atoms with van der Waals surface area (Å²) in [6.45, 7) is 5.44. The number of aryl methyl sites for hydroxylation is 1. The van der Waals surface area contributed by atoms with Crippen LogP contribution >= 0.6 is 0 Å². The number of benzene rings is 2. The number of nitrogens with zero attached hydrogens (tertiary/aromatic N) is 1. The van der Waals surface area contributed by atoms with E-state index in [9.17, 15) is 17.6 Å². The van der Waals surface area contributed by atoms with E-state index in [-0.39, 0.29) is 11.9 Å². The molecular weight excluding hydrogens is 367 g/mol. The van der Waals surface area contributed by atoms with E-state index in [0.717, 1.165) is 21.7 Å². The number of carbonyl (C=O) groups is 1. The maximum absolute atomic E-state index is 13.1. The Balaban J connectivity index is 2.28. The van der Waals surface area contributed by atoms with Crippen molar-refractivity contribution in [1.29, 1.82) is 0 Å². The summed E-state index contributed by atoms with van der Waals surface area (Å²) in [5.41, 5.74) is 2.18. The Kier molecular flexibility index (Phi) is 6.59. The minimum atomic E-state index is -3.67. The van der Waals surface area contributed by atoms with Gasteiger partial charge >= 0.3 is 0 Å². The average molecular weight is 392 g/mol. The number of carbonyl (C=O) groups excluding carboxylic acids is 1. The van der Waals surface area contributed by atoms with Crippen LogP contribution in [0.5, 0.6) is 0 Å². The minimum Gasteiger partial charge on any atom is -0.348 e. The molecule has 5 nitrogen and oxygen atoms in total. The molecule has 0 radical (unpaired) electrons. The van der Waals surface area contributed by atoms with Gasteiger partial charge in [0.15, 0.2) is 0 Å². The Morgan fingerprint density at radius 1 is 1.11 bits per heavy atom. The van der Waals surface area contributed by atoms with Crippen LogP contribution < -0.4 is 9.62 Å². The molecule has 0 spiro atoms. The lowest BCUT2D eigenvalue weighted by atomic mass is 10.1. The molecule has 1 N–H and O–H groups in total. The summed E-state index contributed by atoms with van der Waals surface area (Å²) < 4.78 is 39.1. The van der Waals surface area contributed by atoms with Crippen molar-refractivity contribution in [3.63, 3.8) is 0 Å². The van der Waals surface area contributed by atoms with Crippen LogP contribution in [0.15, 0.2) is 48.5 Å². The Morgan fingerprint density at radius 2 is 1.67 bits per heavy atom. The first-order valence-corrected chi connectivity index (χ1v) is 10.6. The van der Waals surface area contributed by atoms with Crippen molar-refractivity contribution in [2.45, 2.75) is 39.3 Å². The molecule has 1 amide bonds. The van der Waals surface area contributed by atoms with Crippen molar-refractivity contribution < 1.29 is 17.6 Å². The van der Waals surface area contributed by atoms with Gasteiger partial charge in [-0.1, -0.05) is 36.8 Å². The van der Waals surface area contributed by atoms with E-state index >= 15 is 0 Å². The number of sulfonamides is 1. The highest BCUT2D eigenvalue weighted by molar-refractivity contribution is 7.92. The first-order valence-electron chi connectivity index (χ1n) is 8.75. The first kappa shape index (κ1) is 20.9. The van der Waals surface area contributed by atoms with Gasteiger partial charge in [-0.2, -0.15) is 0 Å². The van der Waals surface area contributed by atoms with E-state index in [4.69, 9.17) is 0 Å². The van der Waals surface area contributed by atoms with Crippen LogP contribution in [0.3, 0.4) is 0 Å². The molecule has 2 unspecified atom stereocenters. The first-order chi connectivity index (χ1) is 12.6. The number of nitrogens with one attached hydrogen (secondary N) is 1. The zero-order valence-corrected chi connectivity index (χ0v) is 16.8. The van der Waals surface area contributed by atoms with Crippen LogP contribution in [0.25, 0.3) is 0 Å². The Labute approximate surface area is 160 Å². The molecule has 0 bridgehead atoms. The predicted octanol–water partition coefficient (Wildman–Crippen LogP) is 3.56. The predicted molar refractivity (Wildman–Crippen MR) is 106 cm³/mol. The molecule has 7 heteroatoms. The second kappa shape index (κ2) is 8.52. The van der Waals surface area contributed by atoms with Gasteiger partial charge in [-0.25, -0.2) is 12.8 Å². The van der Waals surface area contributed by atoms with Gasteiger partial charge in [0.2, 0.25) is 15.9 Å². The van der Waals surface area contributed by atoms with Crippen LogP contribution in [0, 0.1) is 12.7 Å². The van der Waals surface area contributed by atoms with Crippen molar-refractivity contribution in [3.8, 4) is 0 Å². The third kappa shape index (κ3) is 5.29. The number of rotatable bonds is 7.